The van der Waals surface area contributed by atoms with Crippen molar-refractivity contribution in [1.82, 2.24) is 9.55 Å². The number of aromatic nitrogens is 2. The van der Waals surface area contributed by atoms with Crippen molar-refractivity contribution in [3.8, 4) is 0 Å². The van der Waals surface area contributed by atoms with Crippen molar-refractivity contribution in [2.75, 3.05) is 17.2 Å². The number of hydrogen-bond donors (Lipinski definition) is 1. The molecule has 2 aromatic rings. The van der Waals surface area contributed by atoms with Crippen molar-refractivity contribution in [3.05, 3.63) is 24.0 Å². The molecule has 0 amide bonds. The van der Waals surface area contributed by atoms with Crippen molar-refractivity contribution in [3.63, 3.8) is 0 Å². The van der Waals surface area contributed by atoms with Gasteiger partial charge >= 0.3 is 0 Å². The van der Waals surface area contributed by atoms with Crippen LogP contribution in [0.2, 0.25) is 0 Å². The van der Waals surface area contributed by atoms with Gasteiger partial charge in [0.05, 0.1) is 28.6 Å². The van der Waals surface area contributed by atoms with E-state index in [0.717, 1.165) is 16.9 Å². The molecule has 1 aliphatic heterocycles. The number of nitrogens with two attached hydrogens (primary N) is 1. The SMILES string of the molecule is CC(C)c1nc2cc(N)ccc2n1C1CCS(=O)(=O)C1. The molecular formula is C14H19N3O2S. The lowest BCUT2D eigenvalue weighted by Gasteiger charge is -2.17. The lowest BCUT2D eigenvalue weighted by molar-refractivity contribution is 0.531. The normalized spacial score (nSPS) is 21.9. The highest BCUT2D eigenvalue weighted by molar-refractivity contribution is 7.91. The van der Waals surface area contributed by atoms with Crippen LogP contribution in [0.3, 0.4) is 0 Å². The summed E-state index contributed by atoms with van der Waals surface area (Å²) in [7, 11) is -2.91. The smallest absolute Gasteiger partial charge is 0.152 e. The topological polar surface area (TPSA) is 78.0 Å². The molecule has 2 N–H and O–H groups in total. The van der Waals surface area contributed by atoms with Crippen LogP contribution in [0, 0.1) is 0 Å². The fraction of sp³-hybridized carbons (Fsp3) is 0.500. The van der Waals surface area contributed by atoms with E-state index in [0.29, 0.717) is 12.1 Å². The molecule has 1 aliphatic rings. The summed E-state index contributed by atoms with van der Waals surface area (Å²) >= 11 is 0. The molecule has 0 radical (unpaired) electrons. The predicted octanol–water partition coefficient (Wildman–Crippen LogP) is 2.10. The van der Waals surface area contributed by atoms with Crippen molar-refractivity contribution in [1.29, 1.82) is 0 Å². The lowest BCUT2D eigenvalue weighted by atomic mass is 10.1. The van der Waals surface area contributed by atoms with E-state index in [1.54, 1.807) is 0 Å². The van der Waals surface area contributed by atoms with Gasteiger partial charge in [-0.2, -0.15) is 0 Å². The van der Waals surface area contributed by atoms with E-state index in [1.807, 2.05) is 18.2 Å². The fourth-order valence-electron chi connectivity index (χ4n) is 2.90. The first-order valence-corrected chi connectivity index (χ1v) is 8.67. The summed E-state index contributed by atoms with van der Waals surface area (Å²) in [5.74, 6) is 1.66. The summed E-state index contributed by atoms with van der Waals surface area (Å²) in [5, 5.41) is 0. The van der Waals surface area contributed by atoms with Crippen LogP contribution < -0.4 is 5.73 Å². The minimum absolute atomic E-state index is 0.00831. The molecule has 1 aromatic carbocycles. The molecule has 5 nitrogen and oxygen atoms in total. The van der Waals surface area contributed by atoms with Crippen LogP contribution in [0.25, 0.3) is 11.0 Å². The van der Waals surface area contributed by atoms with Gasteiger partial charge in [0, 0.05) is 11.6 Å². The standard InChI is InChI=1S/C14H19N3O2S/c1-9(2)14-16-12-7-10(15)3-4-13(12)17(14)11-5-6-20(18,19)8-11/h3-4,7,9,11H,5-6,8,15H2,1-2H3. The van der Waals surface area contributed by atoms with E-state index in [4.69, 9.17) is 5.73 Å². The number of imidazole rings is 1. The van der Waals surface area contributed by atoms with E-state index in [2.05, 4.69) is 23.4 Å². The third-order valence-electron chi connectivity index (χ3n) is 3.83. The second-order valence-corrected chi connectivity index (χ2v) is 8.03. The summed E-state index contributed by atoms with van der Waals surface area (Å²) in [5.41, 5.74) is 8.31. The number of sulfone groups is 1. The third-order valence-corrected chi connectivity index (χ3v) is 5.58. The molecule has 20 heavy (non-hydrogen) atoms. The van der Waals surface area contributed by atoms with E-state index in [-0.39, 0.29) is 23.5 Å². The van der Waals surface area contributed by atoms with Crippen LogP contribution in [-0.4, -0.2) is 29.5 Å². The van der Waals surface area contributed by atoms with Crippen LogP contribution >= 0.6 is 0 Å². The summed E-state index contributed by atoms with van der Waals surface area (Å²) in [6.45, 7) is 4.15. The van der Waals surface area contributed by atoms with Crippen molar-refractivity contribution < 1.29 is 8.42 Å². The van der Waals surface area contributed by atoms with E-state index >= 15 is 0 Å². The molecule has 1 fully saturated rings. The van der Waals surface area contributed by atoms with Crippen molar-refractivity contribution >= 4 is 26.6 Å². The van der Waals surface area contributed by atoms with Gasteiger partial charge in [-0.3, -0.25) is 0 Å². The molecule has 0 spiro atoms. The van der Waals surface area contributed by atoms with Crippen LogP contribution in [0.15, 0.2) is 18.2 Å². The second kappa shape index (κ2) is 4.48. The highest BCUT2D eigenvalue weighted by Gasteiger charge is 2.32. The Morgan fingerprint density at radius 2 is 2.15 bits per heavy atom. The highest BCUT2D eigenvalue weighted by atomic mass is 32.2. The molecule has 108 valence electrons. The minimum Gasteiger partial charge on any atom is -0.399 e. The van der Waals surface area contributed by atoms with Crippen molar-refractivity contribution in [2.24, 2.45) is 0 Å². The molecule has 0 bridgehead atoms. The number of hydrogen-bond acceptors (Lipinski definition) is 4. The van der Waals surface area contributed by atoms with Gasteiger partial charge in [0.25, 0.3) is 0 Å². The maximum Gasteiger partial charge on any atom is 0.152 e. The van der Waals surface area contributed by atoms with Gasteiger partial charge in [0.2, 0.25) is 0 Å². The largest absolute Gasteiger partial charge is 0.399 e. The van der Waals surface area contributed by atoms with Gasteiger partial charge in [0.1, 0.15) is 5.82 Å². The number of nitrogen functional groups attached to an aromatic ring is 1. The summed E-state index contributed by atoms with van der Waals surface area (Å²) in [4.78, 5) is 4.65. The maximum atomic E-state index is 11.8. The number of fused-ring (bicyclic) bond motifs is 1. The average molecular weight is 293 g/mol. The zero-order valence-corrected chi connectivity index (χ0v) is 12.5. The molecule has 0 aliphatic carbocycles. The van der Waals surface area contributed by atoms with Crippen LogP contribution in [0.5, 0.6) is 0 Å². The zero-order valence-electron chi connectivity index (χ0n) is 11.7. The Balaban J connectivity index is 2.19. The average Bonchev–Trinajstić information content (AvgIpc) is 2.88. The summed E-state index contributed by atoms with van der Waals surface area (Å²) in [6.07, 6.45) is 0.665. The van der Waals surface area contributed by atoms with Crippen molar-refractivity contribution in [2.45, 2.75) is 32.2 Å². The predicted molar refractivity (Wildman–Crippen MR) is 80.5 cm³/mol. The zero-order chi connectivity index (χ0) is 14.5. The monoisotopic (exact) mass is 293 g/mol. The first kappa shape index (κ1) is 13.4. The fourth-order valence-corrected chi connectivity index (χ4v) is 4.60. The Bertz CT molecular complexity index is 762. The first-order valence-electron chi connectivity index (χ1n) is 6.85. The number of anilines is 1. The third kappa shape index (κ3) is 2.18. The molecule has 1 saturated heterocycles. The van der Waals surface area contributed by atoms with Gasteiger partial charge < -0.3 is 10.3 Å². The highest BCUT2D eigenvalue weighted by Crippen LogP contribution is 2.32. The number of benzene rings is 1. The van der Waals surface area contributed by atoms with Gasteiger partial charge in [-0.1, -0.05) is 13.8 Å². The quantitative estimate of drug-likeness (QED) is 0.860. The summed E-state index contributed by atoms with van der Waals surface area (Å²) in [6, 6.07) is 5.62. The molecule has 1 aromatic heterocycles. The van der Waals surface area contributed by atoms with Crippen LogP contribution in [-0.2, 0) is 9.84 Å². The first-order chi connectivity index (χ1) is 9.37. The molecule has 1 unspecified atom stereocenters. The number of rotatable bonds is 2. The Kier molecular flexibility index (Phi) is 3.01. The molecule has 0 saturated carbocycles. The maximum absolute atomic E-state index is 11.8. The molecule has 2 heterocycles. The summed E-state index contributed by atoms with van der Waals surface area (Å²) < 4.78 is 25.6. The minimum atomic E-state index is -2.91. The molecular weight excluding hydrogens is 274 g/mol. The van der Waals surface area contributed by atoms with Gasteiger partial charge in [-0.05, 0) is 24.6 Å². The lowest BCUT2D eigenvalue weighted by Crippen LogP contribution is -2.14. The van der Waals surface area contributed by atoms with E-state index in [9.17, 15) is 8.42 Å². The number of nitrogens with zero attached hydrogens (tertiary/aromatic N) is 2. The molecule has 3 rings (SSSR count). The van der Waals surface area contributed by atoms with Gasteiger partial charge in [-0.15, -0.1) is 0 Å². The molecule has 1 atom stereocenters. The van der Waals surface area contributed by atoms with Gasteiger partial charge in [-0.25, -0.2) is 13.4 Å². The van der Waals surface area contributed by atoms with Gasteiger partial charge in [0.15, 0.2) is 9.84 Å². The second-order valence-electron chi connectivity index (χ2n) is 5.80. The van der Waals surface area contributed by atoms with E-state index in [1.165, 1.54) is 0 Å². The van der Waals surface area contributed by atoms with E-state index < -0.39 is 9.84 Å². The van der Waals surface area contributed by atoms with Crippen LogP contribution in [0.4, 0.5) is 5.69 Å². The molecule has 6 heteroatoms. The Hall–Kier alpha value is -1.56. The Morgan fingerprint density at radius 1 is 1.40 bits per heavy atom. The van der Waals surface area contributed by atoms with Crippen LogP contribution in [0.1, 0.15) is 38.1 Å². The Morgan fingerprint density at radius 3 is 2.75 bits per heavy atom. The Labute approximate surface area is 118 Å².